The highest BCUT2D eigenvalue weighted by molar-refractivity contribution is 5.78. The summed E-state index contributed by atoms with van der Waals surface area (Å²) in [6, 6.07) is 16.0. The number of aldehydes is 1. The molecule has 3 aromatic rings. The van der Waals surface area contributed by atoms with Crippen molar-refractivity contribution in [3.05, 3.63) is 70.5 Å². The molecule has 6 nitrogen and oxygen atoms in total. The summed E-state index contributed by atoms with van der Waals surface area (Å²) in [5.74, 6) is 1.30. The van der Waals surface area contributed by atoms with Gasteiger partial charge in [0.05, 0.1) is 5.69 Å². The summed E-state index contributed by atoms with van der Waals surface area (Å²) in [4.78, 5) is 26.2. The number of aromatic nitrogens is 1. The number of ether oxygens (including phenoxy) is 2. The quantitative estimate of drug-likeness (QED) is 0.707. The van der Waals surface area contributed by atoms with Crippen LogP contribution in [0.25, 0.3) is 11.3 Å². The van der Waals surface area contributed by atoms with Crippen LogP contribution in [0.5, 0.6) is 11.5 Å². The number of aromatic amines is 1. The number of anilines is 2. The number of benzene rings is 2. The normalized spacial score (nSPS) is 12.5. The first-order chi connectivity index (χ1) is 12.7. The van der Waals surface area contributed by atoms with Crippen molar-refractivity contribution >= 4 is 17.7 Å². The number of hydrogen-bond donors (Lipinski definition) is 2. The highest BCUT2D eigenvalue weighted by Gasteiger charge is 2.17. The predicted octanol–water partition coefficient (Wildman–Crippen LogP) is 3.37. The van der Waals surface area contributed by atoms with E-state index >= 15 is 0 Å². The average Bonchev–Trinajstić information content (AvgIpc) is 2.69. The van der Waals surface area contributed by atoms with Gasteiger partial charge < -0.3 is 19.8 Å². The fraction of sp³-hybridized carbons (Fsp3) is 0.100. The molecule has 0 fully saturated rings. The highest BCUT2D eigenvalue weighted by Crippen LogP contribution is 2.38. The molecule has 26 heavy (non-hydrogen) atoms. The Bertz CT molecular complexity index is 1030. The average molecular weight is 348 g/mol. The van der Waals surface area contributed by atoms with Gasteiger partial charge in [0.25, 0.3) is 5.56 Å². The van der Waals surface area contributed by atoms with E-state index in [-0.39, 0.29) is 5.56 Å². The molecule has 1 aliphatic heterocycles. The third kappa shape index (κ3) is 3.04. The van der Waals surface area contributed by atoms with E-state index in [9.17, 15) is 9.59 Å². The molecule has 4 rings (SSSR count). The van der Waals surface area contributed by atoms with Gasteiger partial charge in [-0.15, -0.1) is 0 Å². The monoisotopic (exact) mass is 348 g/mol. The standard InChI is InChI=1S/C20H16N2O4/c23-12-13-3-1-4-14(11-13)21-17-8-7-16(22-20(17)24)15-5-2-6-18-19(15)26-10-9-25-18/h1-8,11-12,21H,9-10H2,(H,22,24). The second kappa shape index (κ2) is 6.76. The highest BCUT2D eigenvalue weighted by atomic mass is 16.6. The van der Waals surface area contributed by atoms with Crippen molar-refractivity contribution in [2.75, 3.05) is 18.5 Å². The minimum absolute atomic E-state index is 0.270. The molecule has 0 spiro atoms. The van der Waals surface area contributed by atoms with Gasteiger partial charge in [0.2, 0.25) is 0 Å². The molecule has 2 heterocycles. The Morgan fingerprint density at radius 3 is 2.69 bits per heavy atom. The summed E-state index contributed by atoms with van der Waals surface area (Å²) >= 11 is 0. The molecule has 130 valence electrons. The van der Waals surface area contributed by atoms with E-state index in [1.54, 1.807) is 36.4 Å². The van der Waals surface area contributed by atoms with E-state index in [4.69, 9.17) is 9.47 Å². The first-order valence-electron chi connectivity index (χ1n) is 8.19. The summed E-state index contributed by atoms with van der Waals surface area (Å²) in [6.07, 6.45) is 0.763. The zero-order chi connectivity index (χ0) is 17.9. The van der Waals surface area contributed by atoms with Crippen molar-refractivity contribution in [2.24, 2.45) is 0 Å². The predicted molar refractivity (Wildman–Crippen MR) is 98.6 cm³/mol. The number of rotatable bonds is 4. The largest absolute Gasteiger partial charge is 0.486 e. The number of pyridine rings is 1. The van der Waals surface area contributed by atoms with Gasteiger partial charge in [-0.25, -0.2) is 0 Å². The zero-order valence-corrected chi connectivity index (χ0v) is 13.8. The maximum absolute atomic E-state index is 12.5. The van der Waals surface area contributed by atoms with Crippen LogP contribution in [0.15, 0.2) is 59.4 Å². The molecule has 0 amide bonds. The molecule has 1 aliphatic rings. The van der Waals surface area contributed by atoms with Gasteiger partial charge in [-0.3, -0.25) is 9.59 Å². The fourth-order valence-corrected chi connectivity index (χ4v) is 2.86. The van der Waals surface area contributed by atoms with E-state index < -0.39 is 0 Å². The number of fused-ring (bicyclic) bond motifs is 1. The lowest BCUT2D eigenvalue weighted by Gasteiger charge is -2.21. The van der Waals surface area contributed by atoms with Crippen LogP contribution in [0.4, 0.5) is 11.4 Å². The molecule has 1 aromatic heterocycles. The molecule has 0 atom stereocenters. The van der Waals surface area contributed by atoms with Crippen LogP contribution in [-0.2, 0) is 0 Å². The van der Waals surface area contributed by atoms with Crippen molar-refractivity contribution in [3.63, 3.8) is 0 Å². The van der Waals surface area contributed by atoms with Crippen molar-refractivity contribution in [2.45, 2.75) is 0 Å². The van der Waals surface area contributed by atoms with Crippen LogP contribution in [0.3, 0.4) is 0 Å². The van der Waals surface area contributed by atoms with Crippen molar-refractivity contribution in [3.8, 4) is 22.8 Å². The second-order valence-electron chi connectivity index (χ2n) is 5.81. The number of para-hydroxylation sites is 1. The van der Waals surface area contributed by atoms with E-state index in [1.165, 1.54) is 0 Å². The Labute approximate surface area is 149 Å². The Balaban J connectivity index is 1.66. The molecular formula is C20H16N2O4. The van der Waals surface area contributed by atoms with Crippen LogP contribution in [-0.4, -0.2) is 24.5 Å². The number of nitrogens with one attached hydrogen (secondary N) is 2. The molecule has 0 saturated heterocycles. The molecule has 0 unspecified atom stereocenters. The Hall–Kier alpha value is -3.54. The molecule has 0 aliphatic carbocycles. The van der Waals surface area contributed by atoms with Gasteiger partial charge in [0, 0.05) is 16.8 Å². The van der Waals surface area contributed by atoms with Gasteiger partial charge in [-0.2, -0.15) is 0 Å². The van der Waals surface area contributed by atoms with Crippen LogP contribution >= 0.6 is 0 Å². The topological polar surface area (TPSA) is 80.4 Å². The van der Waals surface area contributed by atoms with E-state index in [2.05, 4.69) is 10.3 Å². The molecular weight excluding hydrogens is 332 g/mol. The third-order valence-electron chi connectivity index (χ3n) is 4.07. The number of carbonyl (C=O) groups excluding carboxylic acids is 1. The minimum Gasteiger partial charge on any atom is -0.486 e. The summed E-state index contributed by atoms with van der Waals surface area (Å²) in [5, 5.41) is 3.03. The van der Waals surface area contributed by atoms with Gasteiger partial charge in [-0.1, -0.05) is 18.2 Å². The molecule has 0 radical (unpaired) electrons. The Morgan fingerprint density at radius 2 is 1.85 bits per heavy atom. The maximum Gasteiger partial charge on any atom is 0.272 e. The first-order valence-corrected chi connectivity index (χ1v) is 8.19. The van der Waals surface area contributed by atoms with E-state index in [0.717, 1.165) is 11.8 Å². The fourth-order valence-electron chi connectivity index (χ4n) is 2.86. The Morgan fingerprint density at radius 1 is 1.00 bits per heavy atom. The van der Waals surface area contributed by atoms with Crippen molar-refractivity contribution in [1.29, 1.82) is 0 Å². The minimum atomic E-state index is -0.270. The number of H-pyrrole nitrogens is 1. The molecule has 0 saturated carbocycles. The molecule has 2 N–H and O–H groups in total. The van der Waals surface area contributed by atoms with Crippen LogP contribution < -0.4 is 20.3 Å². The van der Waals surface area contributed by atoms with Crippen LogP contribution in [0.1, 0.15) is 10.4 Å². The molecule has 0 bridgehead atoms. The smallest absolute Gasteiger partial charge is 0.272 e. The van der Waals surface area contributed by atoms with Gasteiger partial charge >= 0.3 is 0 Å². The summed E-state index contributed by atoms with van der Waals surface area (Å²) in [7, 11) is 0. The lowest BCUT2D eigenvalue weighted by atomic mass is 10.1. The van der Waals surface area contributed by atoms with Crippen LogP contribution in [0, 0.1) is 0 Å². The number of carbonyl (C=O) groups is 1. The maximum atomic E-state index is 12.5. The molecule has 6 heteroatoms. The van der Waals surface area contributed by atoms with E-state index in [0.29, 0.717) is 47.3 Å². The summed E-state index contributed by atoms with van der Waals surface area (Å²) < 4.78 is 11.3. The number of hydrogen-bond acceptors (Lipinski definition) is 5. The van der Waals surface area contributed by atoms with Crippen molar-refractivity contribution in [1.82, 2.24) is 4.98 Å². The van der Waals surface area contributed by atoms with Gasteiger partial charge in [0.15, 0.2) is 11.5 Å². The van der Waals surface area contributed by atoms with Gasteiger partial charge in [0.1, 0.15) is 25.2 Å². The van der Waals surface area contributed by atoms with Gasteiger partial charge in [-0.05, 0) is 36.4 Å². The summed E-state index contributed by atoms with van der Waals surface area (Å²) in [6.45, 7) is 0.983. The summed E-state index contributed by atoms with van der Waals surface area (Å²) in [5.41, 5.74) is 2.74. The lowest BCUT2D eigenvalue weighted by molar-refractivity contribution is 0.112. The van der Waals surface area contributed by atoms with Crippen molar-refractivity contribution < 1.29 is 14.3 Å². The Kier molecular flexibility index (Phi) is 4.15. The first kappa shape index (κ1) is 16.0. The second-order valence-corrected chi connectivity index (χ2v) is 5.81. The lowest BCUT2D eigenvalue weighted by Crippen LogP contribution is -2.16. The zero-order valence-electron chi connectivity index (χ0n) is 13.8. The molecule has 2 aromatic carbocycles. The SMILES string of the molecule is O=Cc1cccc(Nc2ccc(-c3cccc4c3OCCO4)[nH]c2=O)c1. The van der Waals surface area contributed by atoms with E-state index in [1.807, 2.05) is 18.2 Å². The van der Waals surface area contributed by atoms with Crippen LogP contribution in [0.2, 0.25) is 0 Å². The third-order valence-corrected chi connectivity index (χ3v) is 4.07.